The molecule has 0 aliphatic carbocycles. The van der Waals surface area contributed by atoms with E-state index in [1.54, 1.807) is 0 Å². The maximum atomic E-state index is 5.61. The maximum absolute atomic E-state index is 5.61. The van der Waals surface area contributed by atoms with Crippen molar-refractivity contribution in [1.29, 1.82) is 0 Å². The second-order valence-corrected chi connectivity index (χ2v) is 5.18. The van der Waals surface area contributed by atoms with Gasteiger partial charge in [0.2, 0.25) is 0 Å². The van der Waals surface area contributed by atoms with Gasteiger partial charge < -0.3 is 5.73 Å². The number of rotatable bonds is 5. The first-order valence-corrected chi connectivity index (χ1v) is 6.77. The van der Waals surface area contributed by atoms with Crippen LogP contribution in [-0.4, -0.2) is 24.5 Å². The molecule has 1 aromatic rings. The van der Waals surface area contributed by atoms with Crippen molar-refractivity contribution in [2.24, 2.45) is 5.73 Å². The highest BCUT2D eigenvalue weighted by molar-refractivity contribution is 7.10. The molecule has 15 heavy (non-hydrogen) atoms. The molecule has 0 radical (unpaired) electrons. The number of hydrogen-bond acceptors (Lipinski definition) is 3. The number of likely N-dealkylation sites (tertiary alicyclic amines) is 1. The van der Waals surface area contributed by atoms with Gasteiger partial charge in [0, 0.05) is 10.9 Å². The fraction of sp³-hybridized carbons (Fsp3) is 0.667. The van der Waals surface area contributed by atoms with E-state index in [1.807, 2.05) is 11.3 Å². The summed E-state index contributed by atoms with van der Waals surface area (Å²) in [5.41, 5.74) is 5.61. The average molecular weight is 224 g/mol. The fourth-order valence-corrected chi connectivity index (χ4v) is 3.25. The van der Waals surface area contributed by atoms with Crippen LogP contribution in [0.3, 0.4) is 0 Å². The molecule has 1 aromatic heterocycles. The molecular weight excluding hydrogens is 204 g/mol. The average Bonchev–Trinajstić information content (AvgIpc) is 2.90. The van der Waals surface area contributed by atoms with Crippen molar-refractivity contribution < 1.29 is 0 Å². The van der Waals surface area contributed by atoms with Crippen LogP contribution in [0.4, 0.5) is 0 Å². The number of nitrogens with zero attached hydrogens (tertiary/aromatic N) is 1. The van der Waals surface area contributed by atoms with Gasteiger partial charge in [-0.15, -0.1) is 11.3 Å². The quantitative estimate of drug-likeness (QED) is 0.833. The molecule has 3 heteroatoms. The highest BCUT2D eigenvalue weighted by atomic mass is 32.1. The van der Waals surface area contributed by atoms with Crippen LogP contribution in [0.15, 0.2) is 17.5 Å². The standard InChI is InChI=1S/C12H20N2S/c13-7-3-5-11(12-6-4-10-15-12)14-8-1-2-9-14/h4,6,10-11H,1-3,5,7-9,13H2. The summed E-state index contributed by atoms with van der Waals surface area (Å²) in [5, 5.41) is 2.18. The van der Waals surface area contributed by atoms with Gasteiger partial charge in [-0.25, -0.2) is 0 Å². The molecule has 84 valence electrons. The van der Waals surface area contributed by atoms with E-state index in [-0.39, 0.29) is 0 Å². The number of nitrogens with two attached hydrogens (primary N) is 1. The molecule has 1 unspecified atom stereocenters. The Morgan fingerprint density at radius 2 is 2.20 bits per heavy atom. The molecule has 2 heterocycles. The van der Waals surface area contributed by atoms with E-state index >= 15 is 0 Å². The summed E-state index contributed by atoms with van der Waals surface area (Å²) in [4.78, 5) is 4.15. The van der Waals surface area contributed by atoms with E-state index in [2.05, 4.69) is 22.4 Å². The molecule has 1 saturated heterocycles. The largest absolute Gasteiger partial charge is 0.330 e. The minimum atomic E-state index is 0.635. The molecule has 1 atom stereocenters. The molecule has 0 bridgehead atoms. The van der Waals surface area contributed by atoms with Gasteiger partial charge in [0.05, 0.1) is 0 Å². The molecule has 2 rings (SSSR count). The molecule has 2 N–H and O–H groups in total. The number of thiophene rings is 1. The van der Waals surface area contributed by atoms with Gasteiger partial charge in [0.25, 0.3) is 0 Å². The van der Waals surface area contributed by atoms with Crippen LogP contribution in [0.25, 0.3) is 0 Å². The smallest absolute Gasteiger partial charge is 0.0441 e. The maximum Gasteiger partial charge on any atom is 0.0441 e. The lowest BCUT2D eigenvalue weighted by Crippen LogP contribution is -2.25. The third-order valence-electron chi connectivity index (χ3n) is 3.13. The highest BCUT2D eigenvalue weighted by Crippen LogP contribution is 2.31. The van der Waals surface area contributed by atoms with Crippen LogP contribution >= 0.6 is 11.3 Å². The summed E-state index contributed by atoms with van der Waals surface area (Å²) in [7, 11) is 0. The highest BCUT2D eigenvalue weighted by Gasteiger charge is 2.23. The molecule has 2 nitrogen and oxygen atoms in total. The molecule has 1 aliphatic rings. The summed E-state index contributed by atoms with van der Waals surface area (Å²) in [6.07, 6.45) is 5.09. The van der Waals surface area contributed by atoms with Gasteiger partial charge in [-0.1, -0.05) is 6.07 Å². The lowest BCUT2D eigenvalue weighted by Gasteiger charge is -2.26. The van der Waals surface area contributed by atoms with Crippen molar-refractivity contribution >= 4 is 11.3 Å². The second kappa shape index (κ2) is 5.64. The van der Waals surface area contributed by atoms with Gasteiger partial charge in [-0.05, 0) is 56.8 Å². The summed E-state index contributed by atoms with van der Waals surface area (Å²) >= 11 is 1.89. The predicted molar refractivity (Wildman–Crippen MR) is 66.2 cm³/mol. The van der Waals surface area contributed by atoms with E-state index in [4.69, 9.17) is 5.73 Å². The Labute approximate surface area is 96.1 Å². The zero-order chi connectivity index (χ0) is 10.5. The molecule has 1 aliphatic heterocycles. The Hall–Kier alpha value is -0.380. The van der Waals surface area contributed by atoms with Crippen LogP contribution in [0.1, 0.15) is 36.6 Å². The van der Waals surface area contributed by atoms with Gasteiger partial charge in [-0.2, -0.15) is 0 Å². The molecule has 0 aromatic carbocycles. The molecule has 0 saturated carbocycles. The predicted octanol–water partition coefficient (Wildman–Crippen LogP) is 2.62. The summed E-state index contributed by atoms with van der Waals surface area (Å²) in [5.74, 6) is 0. The molecule has 0 spiro atoms. The Bertz CT molecular complexity index is 265. The van der Waals surface area contributed by atoms with Crippen LogP contribution in [0, 0.1) is 0 Å². The summed E-state index contributed by atoms with van der Waals surface area (Å²) in [6.45, 7) is 3.36. The first-order valence-electron chi connectivity index (χ1n) is 5.89. The summed E-state index contributed by atoms with van der Waals surface area (Å²) < 4.78 is 0. The van der Waals surface area contributed by atoms with Crippen LogP contribution < -0.4 is 5.73 Å². The molecular formula is C12H20N2S. The number of hydrogen-bond donors (Lipinski definition) is 1. The first kappa shape index (κ1) is 11.1. The lowest BCUT2D eigenvalue weighted by atomic mass is 10.1. The van der Waals surface area contributed by atoms with Crippen molar-refractivity contribution in [2.45, 2.75) is 31.7 Å². The molecule has 0 amide bonds. The second-order valence-electron chi connectivity index (χ2n) is 4.21. The van der Waals surface area contributed by atoms with Gasteiger partial charge in [-0.3, -0.25) is 4.90 Å². The van der Waals surface area contributed by atoms with Crippen molar-refractivity contribution in [3.63, 3.8) is 0 Å². The van der Waals surface area contributed by atoms with Gasteiger partial charge >= 0.3 is 0 Å². The zero-order valence-corrected chi connectivity index (χ0v) is 10.0. The Kier molecular flexibility index (Phi) is 4.18. The van der Waals surface area contributed by atoms with Crippen LogP contribution in [-0.2, 0) is 0 Å². The van der Waals surface area contributed by atoms with E-state index in [0.29, 0.717) is 6.04 Å². The monoisotopic (exact) mass is 224 g/mol. The minimum Gasteiger partial charge on any atom is -0.330 e. The normalized spacial score (nSPS) is 19.5. The van der Waals surface area contributed by atoms with Gasteiger partial charge in [0.15, 0.2) is 0 Å². The minimum absolute atomic E-state index is 0.635. The van der Waals surface area contributed by atoms with Crippen molar-refractivity contribution in [2.75, 3.05) is 19.6 Å². The molecule has 1 fully saturated rings. The van der Waals surface area contributed by atoms with Crippen LogP contribution in [0.5, 0.6) is 0 Å². The van der Waals surface area contributed by atoms with E-state index < -0.39 is 0 Å². The van der Waals surface area contributed by atoms with Crippen LogP contribution in [0.2, 0.25) is 0 Å². The van der Waals surface area contributed by atoms with Crippen molar-refractivity contribution in [3.8, 4) is 0 Å². The lowest BCUT2D eigenvalue weighted by molar-refractivity contribution is 0.234. The van der Waals surface area contributed by atoms with Crippen molar-refractivity contribution in [1.82, 2.24) is 4.90 Å². The summed E-state index contributed by atoms with van der Waals surface area (Å²) in [6, 6.07) is 5.06. The van der Waals surface area contributed by atoms with E-state index in [1.165, 1.54) is 37.2 Å². The van der Waals surface area contributed by atoms with Gasteiger partial charge in [0.1, 0.15) is 0 Å². The topological polar surface area (TPSA) is 29.3 Å². The third-order valence-corrected chi connectivity index (χ3v) is 4.11. The van der Waals surface area contributed by atoms with Crippen molar-refractivity contribution in [3.05, 3.63) is 22.4 Å². The van der Waals surface area contributed by atoms with E-state index in [9.17, 15) is 0 Å². The Balaban J connectivity index is 2.01. The third kappa shape index (κ3) is 2.80. The Morgan fingerprint density at radius 3 is 2.80 bits per heavy atom. The SMILES string of the molecule is NCCCC(c1cccs1)N1CCCC1. The zero-order valence-electron chi connectivity index (χ0n) is 9.19. The Morgan fingerprint density at radius 1 is 1.40 bits per heavy atom. The van der Waals surface area contributed by atoms with E-state index in [0.717, 1.165) is 13.0 Å². The first-order chi connectivity index (χ1) is 7.42. The fourth-order valence-electron chi connectivity index (χ4n) is 2.35.